The van der Waals surface area contributed by atoms with E-state index < -0.39 is 0 Å². The molecule has 0 aliphatic carbocycles. The van der Waals surface area contributed by atoms with Crippen LogP contribution in [0.25, 0.3) is 0 Å². The minimum Gasteiger partial charge on any atom is -1.00 e. The zero-order valence-electron chi connectivity index (χ0n) is 9.86. The number of pyridine rings is 1. The van der Waals surface area contributed by atoms with E-state index in [2.05, 4.69) is 6.58 Å². The molecule has 0 aliphatic heterocycles. The fraction of sp³-hybridized carbons (Fsp3) is 0.308. The van der Waals surface area contributed by atoms with Crippen LogP contribution >= 0.6 is 0 Å². The molecule has 17 heavy (non-hydrogen) atoms. The van der Waals surface area contributed by atoms with E-state index in [4.69, 9.17) is 0 Å². The van der Waals surface area contributed by atoms with Gasteiger partial charge in [-0.25, -0.2) is 0 Å². The second-order valence-electron chi connectivity index (χ2n) is 3.70. The Morgan fingerprint density at radius 1 is 1.47 bits per heavy atom. The first-order chi connectivity index (χ1) is 7.66. The van der Waals surface area contributed by atoms with Crippen molar-refractivity contribution in [1.82, 2.24) is 0 Å². The van der Waals surface area contributed by atoms with Gasteiger partial charge in [-0.15, -0.1) is 0 Å². The molecule has 3 nitrogen and oxygen atoms in total. The van der Waals surface area contributed by atoms with Crippen LogP contribution in [0.3, 0.4) is 0 Å². The van der Waals surface area contributed by atoms with Gasteiger partial charge in [-0.05, 0) is 18.6 Å². The summed E-state index contributed by atoms with van der Waals surface area (Å²) in [6.07, 6.45) is 4.00. The maximum Gasteiger partial charge on any atom is 0.253 e. The van der Waals surface area contributed by atoms with Crippen molar-refractivity contribution >= 4 is 12.1 Å². The molecule has 0 unspecified atom stereocenters. The van der Waals surface area contributed by atoms with E-state index in [0.29, 0.717) is 24.2 Å². The SMILES string of the molecule is C=C(C)C(=O)c1cccc[n+]1CCCC=O.[Br-]. The molecule has 0 fully saturated rings. The van der Waals surface area contributed by atoms with E-state index in [0.717, 1.165) is 12.7 Å². The van der Waals surface area contributed by atoms with Crippen molar-refractivity contribution in [2.75, 3.05) is 0 Å². The number of halogens is 1. The van der Waals surface area contributed by atoms with Crippen molar-refractivity contribution in [3.63, 3.8) is 0 Å². The van der Waals surface area contributed by atoms with Gasteiger partial charge in [0.15, 0.2) is 6.20 Å². The van der Waals surface area contributed by atoms with Crippen molar-refractivity contribution in [2.45, 2.75) is 26.3 Å². The Kier molecular flexibility index (Phi) is 7.30. The average Bonchev–Trinajstić information content (AvgIpc) is 2.29. The van der Waals surface area contributed by atoms with E-state index in [1.807, 2.05) is 22.9 Å². The number of carbonyl (C=O) groups is 2. The van der Waals surface area contributed by atoms with Gasteiger partial charge in [-0.2, -0.15) is 4.57 Å². The Morgan fingerprint density at radius 3 is 2.76 bits per heavy atom. The molecule has 0 aliphatic rings. The van der Waals surface area contributed by atoms with Gasteiger partial charge in [0.25, 0.3) is 11.5 Å². The smallest absolute Gasteiger partial charge is 0.253 e. The average molecular weight is 298 g/mol. The largest absolute Gasteiger partial charge is 1.00 e. The van der Waals surface area contributed by atoms with Crippen LogP contribution < -0.4 is 21.5 Å². The van der Waals surface area contributed by atoms with Gasteiger partial charge in [-0.3, -0.25) is 4.79 Å². The van der Waals surface area contributed by atoms with E-state index in [-0.39, 0.29) is 22.8 Å². The number of aldehydes is 1. The Morgan fingerprint density at radius 2 is 2.18 bits per heavy atom. The number of Topliss-reactive ketones (excluding diaryl/α,β-unsaturated/α-hetero) is 1. The van der Waals surface area contributed by atoms with Gasteiger partial charge >= 0.3 is 0 Å². The molecule has 0 radical (unpaired) electrons. The summed E-state index contributed by atoms with van der Waals surface area (Å²) in [5.41, 5.74) is 1.15. The van der Waals surface area contributed by atoms with Crippen molar-refractivity contribution in [3.05, 3.63) is 42.2 Å². The molecule has 0 amide bonds. The minimum absolute atomic E-state index is 0. The Labute approximate surface area is 112 Å². The van der Waals surface area contributed by atoms with Gasteiger partial charge in [-0.1, -0.05) is 6.58 Å². The summed E-state index contributed by atoms with van der Waals surface area (Å²) in [5.74, 6) is -0.0493. The molecule has 1 heterocycles. The van der Waals surface area contributed by atoms with Crippen molar-refractivity contribution < 1.29 is 31.1 Å². The van der Waals surface area contributed by atoms with Crippen LogP contribution in [0.5, 0.6) is 0 Å². The third-order valence-corrected chi connectivity index (χ3v) is 2.28. The molecule has 92 valence electrons. The first-order valence-corrected chi connectivity index (χ1v) is 5.29. The molecular formula is C13H16BrNO2. The van der Waals surface area contributed by atoms with Crippen LogP contribution in [0.15, 0.2) is 36.5 Å². The number of rotatable bonds is 6. The number of carbonyl (C=O) groups excluding carboxylic acids is 2. The van der Waals surface area contributed by atoms with Gasteiger partial charge in [0, 0.05) is 25.0 Å². The zero-order chi connectivity index (χ0) is 12.0. The van der Waals surface area contributed by atoms with E-state index in [1.165, 1.54) is 0 Å². The molecule has 1 aromatic heterocycles. The highest BCUT2D eigenvalue weighted by Gasteiger charge is 2.18. The second-order valence-corrected chi connectivity index (χ2v) is 3.70. The van der Waals surface area contributed by atoms with Gasteiger partial charge in [0.2, 0.25) is 0 Å². The number of hydrogen-bond donors (Lipinski definition) is 0. The highest BCUT2D eigenvalue weighted by Crippen LogP contribution is 2.01. The highest BCUT2D eigenvalue weighted by molar-refractivity contribution is 6.05. The number of ketones is 1. The van der Waals surface area contributed by atoms with Gasteiger partial charge in [0.1, 0.15) is 12.8 Å². The first-order valence-electron chi connectivity index (χ1n) is 5.29. The molecule has 0 bridgehead atoms. The lowest BCUT2D eigenvalue weighted by atomic mass is 10.1. The van der Waals surface area contributed by atoms with Crippen molar-refractivity contribution in [2.24, 2.45) is 0 Å². The Balaban J connectivity index is 0.00000256. The lowest BCUT2D eigenvalue weighted by Gasteiger charge is -2.01. The minimum atomic E-state index is -0.0493. The number of aryl methyl sites for hydroxylation is 1. The van der Waals surface area contributed by atoms with Crippen molar-refractivity contribution in [1.29, 1.82) is 0 Å². The summed E-state index contributed by atoms with van der Waals surface area (Å²) in [6, 6.07) is 5.47. The van der Waals surface area contributed by atoms with Crippen LogP contribution in [0.2, 0.25) is 0 Å². The number of aromatic nitrogens is 1. The Hall–Kier alpha value is -1.29. The third kappa shape index (κ3) is 4.61. The van der Waals surface area contributed by atoms with Crippen LogP contribution in [0.4, 0.5) is 0 Å². The maximum atomic E-state index is 11.8. The maximum absolute atomic E-state index is 11.8. The zero-order valence-corrected chi connectivity index (χ0v) is 11.4. The van der Waals surface area contributed by atoms with E-state index in [1.54, 1.807) is 13.0 Å². The van der Waals surface area contributed by atoms with Crippen LogP contribution in [0, 0.1) is 0 Å². The molecule has 0 aromatic carbocycles. The topological polar surface area (TPSA) is 38.0 Å². The lowest BCUT2D eigenvalue weighted by molar-refractivity contribution is -0.698. The second kappa shape index (κ2) is 7.90. The number of hydrogen-bond acceptors (Lipinski definition) is 2. The predicted octanol–water partition coefficient (Wildman–Crippen LogP) is -1.28. The predicted molar refractivity (Wildman–Crippen MR) is 61.1 cm³/mol. The summed E-state index contributed by atoms with van der Waals surface area (Å²) in [5, 5.41) is 0. The van der Waals surface area contributed by atoms with E-state index in [9.17, 15) is 9.59 Å². The molecular weight excluding hydrogens is 282 g/mol. The number of unbranched alkanes of at least 4 members (excludes halogenated alkanes) is 1. The van der Waals surface area contributed by atoms with E-state index >= 15 is 0 Å². The molecule has 0 N–H and O–H groups in total. The van der Waals surface area contributed by atoms with Crippen LogP contribution in [-0.2, 0) is 11.3 Å². The first kappa shape index (κ1) is 15.7. The molecule has 0 atom stereocenters. The lowest BCUT2D eigenvalue weighted by Crippen LogP contribution is -3.00. The van der Waals surface area contributed by atoms with Gasteiger partial charge in [0.05, 0.1) is 0 Å². The quantitative estimate of drug-likeness (QED) is 0.216. The summed E-state index contributed by atoms with van der Waals surface area (Å²) in [6.45, 7) is 6.02. The third-order valence-electron chi connectivity index (χ3n) is 2.28. The monoisotopic (exact) mass is 297 g/mol. The van der Waals surface area contributed by atoms with Crippen LogP contribution in [0.1, 0.15) is 30.3 Å². The molecule has 1 rings (SSSR count). The highest BCUT2D eigenvalue weighted by atomic mass is 79.9. The van der Waals surface area contributed by atoms with Crippen LogP contribution in [-0.4, -0.2) is 12.1 Å². The Bertz CT molecular complexity index is 416. The van der Waals surface area contributed by atoms with Crippen molar-refractivity contribution in [3.8, 4) is 0 Å². The molecule has 0 spiro atoms. The molecule has 1 aromatic rings. The molecule has 4 heteroatoms. The number of allylic oxidation sites excluding steroid dienone is 1. The normalized spacial score (nSPS) is 9.24. The number of nitrogens with zero attached hydrogens (tertiary/aromatic N) is 1. The van der Waals surface area contributed by atoms with Gasteiger partial charge < -0.3 is 21.8 Å². The summed E-state index contributed by atoms with van der Waals surface area (Å²) in [7, 11) is 0. The summed E-state index contributed by atoms with van der Waals surface area (Å²) in [4.78, 5) is 22.0. The standard InChI is InChI=1S/C13H16NO2.BrH/c1-11(2)13(16)12-7-3-4-8-14(12)9-5-6-10-15;/h3-4,7-8,10H,1,5-6,9H2,2H3;1H/q+1;/p-1. The molecule has 0 saturated heterocycles. The summed E-state index contributed by atoms with van der Waals surface area (Å²) >= 11 is 0. The molecule has 0 saturated carbocycles. The summed E-state index contributed by atoms with van der Waals surface area (Å²) < 4.78 is 1.86. The fourth-order valence-corrected chi connectivity index (χ4v) is 1.44. The fourth-order valence-electron chi connectivity index (χ4n) is 1.44.